The van der Waals surface area contributed by atoms with Crippen molar-refractivity contribution >= 4 is 33.8 Å². The van der Waals surface area contributed by atoms with E-state index < -0.39 is 17.5 Å². The Labute approximate surface area is 179 Å². The van der Waals surface area contributed by atoms with Crippen LogP contribution in [0.15, 0.2) is 19.7 Å². The smallest absolute Gasteiger partial charge is 0.339 e. The van der Waals surface area contributed by atoms with Crippen molar-refractivity contribution in [3.8, 4) is 0 Å². The lowest BCUT2D eigenvalue weighted by Crippen LogP contribution is -2.43. The lowest BCUT2D eigenvalue weighted by Gasteiger charge is -2.32. The molecule has 0 atom stereocenters. The predicted octanol–water partition coefficient (Wildman–Crippen LogP) is 2.69. The zero-order valence-corrected chi connectivity index (χ0v) is 18.3. The van der Waals surface area contributed by atoms with Gasteiger partial charge in [-0.3, -0.25) is 4.79 Å². The molecule has 3 aromatic rings. The van der Waals surface area contributed by atoms with E-state index in [1.54, 1.807) is 4.90 Å². The number of aliphatic carboxylic acids is 1. The van der Waals surface area contributed by atoms with Gasteiger partial charge in [0.1, 0.15) is 16.9 Å². The van der Waals surface area contributed by atoms with Gasteiger partial charge in [-0.25, -0.2) is 4.79 Å². The van der Waals surface area contributed by atoms with Gasteiger partial charge in [-0.2, -0.15) is 0 Å². The quantitative estimate of drug-likeness (QED) is 0.597. The normalized spacial score (nSPS) is 15.2. The number of carbonyl (C=O) groups excluding carboxylic acids is 2. The summed E-state index contributed by atoms with van der Waals surface area (Å²) >= 11 is 0. The van der Waals surface area contributed by atoms with Crippen LogP contribution in [0.3, 0.4) is 0 Å². The van der Waals surface area contributed by atoms with Crippen molar-refractivity contribution in [3.05, 3.63) is 44.5 Å². The van der Waals surface area contributed by atoms with Crippen molar-refractivity contribution in [1.29, 1.82) is 0 Å². The summed E-state index contributed by atoms with van der Waals surface area (Å²) in [5.41, 5.74) is 3.98. The Morgan fingerprint density at radius 3 is 2.26 bits per heavy atom. The molecule has 1 amide bonds. The van der Waals surface area contributed by atoms with E-state index in [9.17, 15) is 19.5 Å². The van der Waals surface area contributed by atoms with Gasteiger partial charge in [0, 0.05) is 53.3 Å². The molecule has 164 valence electrons. The Kier molecular flexibility index (Phi) is 5.37. The van der Waals surface area contributed by atoms with Gasteiger partial charge in [-0.1, -0.05) is 0 Å². The topological polar surface area (TPSA) is 104 Å². The van der Waals surface area contributed by atoms with Crippen LogP contribution >= 0.6 is 0 Å². The summed E-state index contributed by atoms with van der Waals surface area (Å²) in [7, 11) is 0. The van der Waals surface area contributed by atoms with Crippen molar-refractivity contribution in [3.63, 3.8) is 0 Å². The molecule has 1 fully saturated rings. The first-order valence-electron chi connectivity index (χ1n) is 10.6. The second-order valence-electron chi connectivity index (χ2n) is 8.51. The number of carbonyl (C=O) groups is 2. The number of carboxylic acids is 1. The summed E-state index contributed by atoms with van der Waals surface area (Å²) in [4.78, 5) is 38.0. The van der Waals surface area contributed by atoms with Gasteiger partial charge >= 0.3 is 5.63 Å². The Hall–Kier alpha value is -3.09. The lowest BCUT2D eigenvalue weighted by atomic mass is 9.96. The fourth-order valence-electron chi connectivity index (χ4n) is 4.54. The molecule has 0 radical (unpaired) electrons. The van der Waals surface area contributed by atoms with Crippen LogP contribution in [0.25, 0.3) is 21.9 Å². The summed E-state index contributed by atoms with van der Waals surface area (Å²) in [5.74, 6) is -0.789. The molecule has 0 aliphatic carbocycles. The highest BCUT2D eigenvalue weighted by molar-refractivity contribution is 6.00. The highest BCUT2D eigenvalue weighted by atomic mass is 16.4. The van der Waals surface area contributed by atoms with E-state index in [0.29, 0.717) is 37.1 Å². The van der Waals surface area contributed by atoms with E-state index in [2.05, 4.69) is 0 Å². The predicted molar refractivity (Wildman–Crippen MR) is 114 cm³/mol. The fourth-order valence-corrected chi connectivity index (χ4v) is 4.54. The van der Waals surface area contributed by atoms with E-state index in [1.165, 1.54) is 0 Å². The molecule has 2 aromatic heterocycles. The molecule has 0 bridgehead atoms. The minimum absolute atomic E-state index is 0.0800. The molecule has 1 aromatic carbocycles. The second kappa shape index (κ2) is 7.87. The number of piperidine rings is 1. The number of likely N-dealkylation sites (tertiary alicyclic amines) is 1. The van der Waals surface area contributed by atoms with Gasteiger partial charge in [0.05, 0.1) is 0 Å². The Morgan fingerprint density at radius 1 is 1.00 bits per heavy atom. The maximum Gasteiger partial charge on any atom is 0.339 e. The number of hydrogen-bond acceptors (Lipinski definition) is 6. The number of amides is 1. The van der Waals surface area contributed by atoms with Crippen LogP contribution in [0.2, 0.25) is 0 Å². The van der Waals surface area contributed by atoms with E-state index >= 15 is 0 Å². The van der Waals surface area contributed by atoms with E-state index in [0.717, 1.165) is 38.8 Å². The standard InChI is InChI=1S/C24H27NO6/c1-12-15(4)30-21-14(3)22-19(11-18(12)21)13(2)17(24(29)31-22)5-6-20(26)25-9-7-16(8-10-25)23(27)28/h11,16H,5-10H2,1-4H3,(H,27,28)/p-1. The summed E-state index contributed by atoms with van der Waals surface area (Å²) < 4.78 is 11.5. The number of benzene rings is 1. The molecule has 3 heterocycles. The first kappa shape index (κ1) is 21.2. The Morgan fingerprint density at radius 2 is 1.61 bits per heavy atom. The monoisotopic (exact) mass is 424 g/mol. The van der Waals surface area contributed by atoms with E-state index in [1.807, 2.05) is 33.8 Å². The molecule has 1 aliphatic rings. The fraction of sp³-hybridized carbons (Fsp3) is 0.458. The molecule has 7 nitrogen and oxygen atoms in total. The summed E-state index contributed by atoms with van der Waals surface area (Å²) in [6.07, 6.45) is 1.27. The third kappa shape index (κ3) is 3.62. The molecule has 1 saturated heterocycles. The number of furan rings is 1. The number of fused-ring (bicyclic) bond motifs is 2. The average molecular weight is 424 g/mol. The van der Waals surface area contributed by atoms with Crippen molar-refractivity contribution < 1.29 is 23.5 Å². The second-order valence-corrected chi connectivity index (χ2v) is 8.51. The zero-order valence-electron chi connectivity index (χ0n) is 18.3. The third-order valence-electron chi connectivity index (χ3n) is 6.71. The van der Waals surface area contributed by atoms with Gasteiger partial charge in [0.2, 0.25) is 5.91 Å². The molecular weight excluding hydrogens is 398 g/mol. The number of rotatable bonds is 4. The van der Waals surface area contributed by atoms with Crippen molar-refractivity contribution in [2.45, 2.75) is 53.4 Å². The summed E-state index contributed by atoms with van der Waals surface area (Å²) in [5, 5.41) is 12.8. The minimum atomic E-state index is -1.05. The molecule has 0 unspecified atom stereocenters. The van der Waals surface area contributed by atoms with Crippen LogP contribution in [0.1, 0.15) is 47.3 Å². The number of carboxylic acid groups (broad SMARTS) is 1. The highest BCUT2D eigenvalue weighted by Crippen LogP contribution is 2.34. The van der Waals surface area contributed by atoms with Crippen LogP contribution in [0.4, 0.5) is 0 Å². The molecule has 4 rings (SSSR count). The first-order valence-corrected chi connectivity index (χ1v) is 10.6. The van der Waals surface area contributed by atoms with Crippen LogP contribution in [-0.4, -0.2) is 29.9 Å². The highest BCUT2D eigenvalue weighted by Gasteiger charge is 2.24. The first-order chi connectivity index (χ1) is 14.7. The SMILES string of the molecule is Cc1oc2c(C)c3oc(=O)c(CCC(=O)N4CCC(C(=O)[O-])CC4)c(C)c3cc2c1C. The summed E-state index contributed by atoms with van der Waals surface area (Å²) in [6, 6.07) is 2.00. The molecule has 0 saturated carbocycles. The lowest BCUT2D eigenvalue weighted by molar-refractivity contribution is -0.312. The molecule has 7 heteroatoms. The zero-order chi connectivity index (χ0) is 22.4. The largest absolute Gasteiger partial charge is 0.550 e. The molecule has 1 aliphatic heterocycles. The maximum absolute atomic E-state index is 12.7. The van der Waals surface area contributed by atoms with Gasteiger partial charge < -0.3 is 23.6 Å². The molecule has 0 N–H and O–H groups in total. The van der Waals surface area contributed by atoms with Crippen molar-refractivity contribution in [2.75, 3.05) is 13.1 Å². The molecular formula is C24H26NO6-. The number of nitrogens with zero attached hydrogens (tertiary/aromatic N) is 1. The average Bonchev–Trinajstić information content (AvgIpc) is 3.03. The third-order valence-corrected chi connectivity index (χ3v) is 6.71. The van der Waals surface area contributed by atoms with Crippen LogP contribution in [-0.2, 0) is 16.0 Å². The van der Waals surface area contributed by atoms with E-state index in [4.69, 9.17) is 8.83 Å². The van der Waals surface area contributed by atoms with Crippen LogP contribution in [0.5, 0.6) is 0 Å². The Balaban J connectivity index is 1.60. The number of aryl methyl sites for hydroxylation is 4. The van der Waals surface area contributed by atoms with Gasteiger partial charge in [0.25, 0.3) is 0 Å². The molecule has 31 heavy (non-hydrogen) atoms. The van der Waals surface area contributed by atoms with Crippen LogP contribution < -0.4 is 10.7 Å². The summed E-state index contributed by atoms with van der Waals surface area (Å²) in [6.45, 7) is 8.49. The maximum atomic E-state index is 12.7. The van der Waals surface area contributed by atoms with Gasteiger partial charge in [-0.05, 0) is 64.2 Å². The van der Waals surface area contributed by atoms with E-state index in [-0.39, 0.29) is 18.7 Å². The number of hydrogen-bond donors (Lipinski definition) is 0. The van der Waals surface area contributed by atoms with Crippen molar-refractivity contribution in [2.24, 2.45) is 5.92 Å². The van der Waals surface area contributed by atoms with Gasteiger partial charge in [-0.15, -0.1) is 0 Å². The van der Waals surface area contributed by atoms with Crippen LogP contribution in [0, 0.1) is 33.6 Å². The van der Waals surface area contributed by atoms with Gasteiger partial charge in [0.15, 0.2) is 0 Å². The van der Waals surface area contributed by atoms with Crippen molar-refractivity contribution in [1.82, 2.24) is 4.90 Å². The minimum Gasteiger partial charge on any atom is -0.550 e. The Bertz CT molecular complexity index is 1260. The molecule has 0 spiro atoms.